The van der Waals surface area contributed by atoms with Crippen molar-refractivity contribution in [1.82, 2.24) is 0 Å². The first-order chi connectivity index (χ1) is 7.65. The van der Waals surface area contributed by atoms with Crippen LogP contribution in [0.15, 0.2) is 18.2 Å². The van der Waals surface area contributed by atoms with Gasteiger partial charge in [-0.2, -0.15) is 0 Å². The lowest BCUT2D eigenvalue weighted by atomic mass is 10.2. The van der Waals surface area contributed by atoms with Crippen molar-refractivity contribution in [3.05, 3.63) is 29.6 Å². The second-order valence-corrected chi connectivity index (χ2v) is 3.10. The number of carboxylic acid groups (broad SMARTS) is 1. The van der Waals surface area contributed by atoms with Gasteiger partial charge in [0.25, 0.3) is 0 Å². The van der Waals surface area contributed by atoms with Gasteiger partial charge >= 0.3 is 5.97 Å². The van der Waals surface area contributed by atoms with E-state index in [2.05, 4.69) is 17.2 Å². The van der Waals surface area contributed by atoms with Crippen molar-refractivity contribution >= 4 is 11.7 Å². The first-order valence-electron chi connectivity index (χ1n) is 4.81. The molecule has 1 aromatic carbocycles. The molecule has 0 saturated carbocycles. The van der Waals surface area contributed by atoms with Crippen LogP contribution < -0.4 is 5.32 Å². The van der Waals surface area contributed by atoms with E-state index in [0.29, 0.717) is 18.7 Å². The quantitative estimate of drug-likeness (QED) is 0.606. The van der Waals surface area contributed by atoms with Gasteiger partial charge in [0.15, 0.2) is 0 Å². The average Bonchev–Trinajstić information content (AvgIpc) is 2.24. The van der Waals surface area contributed by atoms with Gasteiger partial charge in [0.1, 0.15) is 5.82 Å². The third-order valence-corrected chi connectivity index (χ3v) is 1.96. The normalized spacial score (nSPS) is 9.12. The molecule has 0 spiro atoms. The third-order valence-electron chi connectivity index (χ3n) is 1.96. The number of carbonyl (C=O) groups is 1. The van der Waals surface area contributed by atoms with Crippen molar-refractivity contribution < 1.29 is 14.3 Å². The molecule has 0 aliphatic heterocycles. The molecule has 0 heterocycles. The molecule has 0 unspecified atom stereocenters. The Morgan fingerprint density at radius 1 is 1.56 bits per heavy atom. The zero-order valence-corrected chi connectivity index (χ0v) is 8.88. The van der Waals surface area contributed by atoms with Crippen LogP contribution in [0.4, 0.5) is 10.1 Å². The lowest BCUT2D eigenvalue weighted by Crippen LogP contribution is -2.04. The predicted octanol–water partition coefficient (Wildman–Crippen LogP) is 2.35. The predicted molar refractivity (Wildman–Crippen MR) is 59.9 cm³/mol. The van der Waals surface area contributed by atoms with E-state index in [1.807, 2.05) is 0 Å². The summed E-state index contributed by atoms with van der Waals surface area (Å²) in [6.45, 7) is 2.36. The Morgan fingerprint density at radius 3 is 2.88 bits per heavy atom. The molecular formula is C12H12FNO2. The molecule has 1 rings (SSSR count). The van der Waals surface area contributed by atoms with Crippen LogP contribution in [0.2, 0.25) is 0 Å². The van der Waals surface area contributed by atoms with Crippen LogP contribution in [0.3, 0.4) is 0 Å². The molecule has 4 heteroatoms. The Bertz CT molecular complexity index is 446. The number of rotatable bonds is 4. The number of hydrogen-bond donors (Lipinski definition) is 2. The van der Waals surface area contributed by atoms with Crippen LogP contribution >= 0.6 is 0 Å². The molecule has 0 radical (unpaired) electrons. The molecule has 16 heavy (non-hydrogen) atoms. The molecule has 0 aliphatic rings. The molecule has 3 nitrogen and oxygen atoms in total. The number of nitrogens with one attached hydrogen (secondary N) is 1. The summed E-state index contributed by atoms with van der Waals surface area (Å²) in [5.41, 5.74) is 0.235. The number of hydrogen-bond acceptors (Lipinski definition) is 2. The monoisotopic (exact) mass is 221 g/mol. The van der Waals surface area contributed by atoms with Gasteiger partial charge in [0.2, 0.25) is 0 Å². The lowest BCUT2D eigenvalue weighted by Gasteiger charge is -2.05. The van der Waals surface area contributed by atoms with Gasteiger partial charge in [0, 0.05) is 18.7 Å². The van der Waals surface area contributed by atoms with Gasteiger partial charge in [-0.05, 0) is 25.1 Å². The molecule has 0 fully saturated rings. The molecule has 0 atom stereocenters. The topological polar surface area (TPSA) is 49.3 Å². The van der Waals surface area contributed by atoms with E-state index in [-0.39, 0.29) is 5.56 Å². The summed E-state index contributed by atoms with van der Waals surface area (Å²) in [6, 6.07) is 3.94. The highest BCUT2D eigenvalue weighted by atomic mass is 19.1. The molecule has 0 bridgehead atoms. The molecule has 2 N–H and O–H groups in total. The van der Waals surface area contributed by atoms with Crippen LogP contribution in [0.1, 0.15) is 23.7 Å². The largest absolute Gasteiger partial charge is 0.478 e. The molecule has 0 aliphatic carbocycles. The molecular weight excluding hydrogens is 209 g/mol. The van der Waals surface area contributed by atoms with Crippen LogP contribution in [0.25, 0.3) is 0 Å². The van der Waals surface area contributed by atoms with E-state index in [1.165, 1.54) is 18.2 Å². The smallest absolute Gasteiger partial charge is 0.338 e. The Kier molecular flexibility index (Phi) is 4.34. The van der Waals surface area contributed by atoms with Crippen LogP contribution in [0, 0.1) is 17.7 Å². The zero-order chi connectivity index (χ0) is 12.0. The van der Waals surface area contributed by atoms with Gasteiger partial charge in [-0.3, -0.25) is 0 Å². The van der Waals surface area contributed by atoms with Crippen molar-refractivity contribution in [3.8, 4) is 11.8 Å². The standard InChI is InChI=1S/C12H12FNO2/c1-2-3-4-7-14-9-5-6-10(12(15)16)11(13)8-9/h5-6,8,14H,4,7H2,1H3,(H,15,16). The summed E-state index contributed by atoms with van der Waals surface area (Å²) < 4.78 is 13.2. The zero-order valence-electron chi connectivity index (χ0n) is 8.88. The maximum atomic E-state index is 13.2. The Morgan fingerprint density at radius 2 is 2.31 bits per heavy atom. The summed E-state index contributed by atoms with van der Waals surface area (Å²) in [6.07, 6.45) is 0.665. The van der Waals surface area contributed by atoms with Crippen LogP contribution in [-0.4, -0.2) is 17.6 Å². The molecule has 0 aromatic heterocycles. The molecule has 0 saturated heterocycles. The van der Waals surface area contributed by atoms with Crippen molar-refractivity contribution in [2.45, 2.75) is 13.3 Å². The molecule has 84 valence electrons. The average molecular weight is 221 g/mol. The van der Waals surface area contributed by atoms with E-state index in [0.717, 1.165) is 0 Å². The van der Waals surface area contributed by atoms with E-state index >= 15 is 0 Å². The summed E-state index contributed by atoms with van der Waals surface area (Å²) in [5.74, 6) is 3.61. The number of carboxylic acids is 1. The fraction of sp³-hybridized carbons (Fsp3) is 0.250. The van der Waals surface area contributed by atoms with E-state index in [4.69, 9.17) is 5.11 Å². The minimum absolute atomic E-state index is 0.320. The summed E-state index contributed by atoms with van der Waals surface area (Å²) >= 11 is 0. The van der Waals surface area contributed by atoms with E-state index in [9.17, 15) is 9.18 Å². The first kappa shape index (κ1) is 12.1. The number of halogens is 1. The second kappa shape index (κ2) is 5.76. The third kappa shape index (κ3) is 3.28. The van der Waals surface area contributed by atoms with Crippen molar-refractivity contribution in [1.29, 1.82) is 0 Å². The fourth-order valence-corrected chi connectivity index (χ4v) is 1.19. The summed E-state index contributed by atoms with van der Waals surface area (Å²) in [4.78, 5) is 10.6. The second-order valence-electron chi connectivity index (χ2n) is 3.10. The maximum Gasteiger partial charge on any atom is 0.338 e. The highest BCUT2D eigenvalue weighted by molar-refractivity contribution is 5.88. The molecule has 1 aromatic rings. The van der Waals surface area contributed by atoms with Crippen LogP contribution in [0.5, 0.6) is 0 Å². The number of aromatic carboxylic acids is 1. The first-order valence-corrected chi connectivity index (χ1v) is 4.81. The van der Waals surface area contributed by atoms with Crippen molar-refractivity contribution in [2.24, 2.45) is 0 Å². The lowest BCUT2D eigenvalue weighted by molar-refractivity contribution is 0.0692. The van der Waals surface area contributed by atoms with Gasteiger partial charge < -0.3 is 10.4 Å². The van der Waals surface area contributed by atoms with Gasteiger partial charge in [-0.25, -0.2) is 9.18 Å². The SMILES string of the molecule is CC#CCCNc1ccc(C(=O)O)c(F)c1. The number of anilines is 1. The van der Waals surface area contributed by atoms with Gasteiger partial charge in [-0.1, -0.05) is 0 Å². The fourth-order valence-electron chi connectivity index (χ4n) is 1.19. The number of benzene rings is 1. The van der Waals surface area contributed by atoms with E-state index < -0.39 is 11.8 Å². The minimum Gasteiger partial charge on any atom is -0.478 e. The van der Waals surface area contributed by atoms with Crippen LogP contribution in [-0.2, 0) is 0 Å². The molecule has 0 amide bonds. The highest BCUT2D eigenvalue weighted by Gasteiger charge is 2.09. The Hall–Kier alpha value is -2.02. The highest BCUT2D eigenvalue weighted by Crippen LogP contribution is 2.14. The summed E-state index contributed by atoms with van der Waals surface area (Å²) in [7, 11) is 0. The maximum absolute atomic E-state index is 13.2. The van der Waals surface area contributed by atoms with E-state index in [1.54, 1.807) is 6.92 Å². The Labute approximate surface area is 93.3 Å². The van der Waals surface area contributed by atoms with Crippen molar-refractivity contribution in [2.75, 3.05) is 11.9 Å². The Balaban J connectivity index is 2.65. The van der Waals surface area contributed by atoms with Gasteiger partial charge in [0.05, 0.1) is 5.56 Å². The van der Waals surface area contributed by atoms with Gasteiger partial charge in [-0.15, -0.1) is 11.8 Å². The van der Waals surface area contributed by atoms with Crippen molar-refractivity contribution in [3.63, 3.8) is 0 Å². The summed E-state index contributed by atoms with van der Waals surface area (Å²) in [5, 5.41) is 11.6. The minimum atomic E-state index is -1.26.